The van der Waals surface area contributed by atoms with Gasteiger partial charge < -0.3 is 5.32 Å². The monoisotopic (exact) mass is 315 g/mol. The molecule has 0 saturated heterocycles. The van der Waals surface area contributed by atoms with E-state index in [1.807, 2.05) is 18.2 Å². The van der Waals surface area contributed by atoms with Crippen LogP contribution in [0.15, 0.2) is 39.5 Å². The van der Waals surface area contributed by atoms with E-state index in [1.54, 1.807) is 11.3 Å². The summed E-state index contributed by atoms with van der Waals surface area (Å²) in [6.45, 7) is 0.912. The predicted octanol–water partition coefficient (Wildman–Crippen LogP) is 4.82. The van der Waals surface area contributed by atoms with E-state index in [9.17, 15) is 0 Å². The number of thiophene rings is 1. The lowest BCUT2D eigenvalue weighted by molar-refractivity contribution is 1.03. The normalized spacial score (nSPS) is 10.4. The second kappa shape index (κ2) is 5.71. The molecule has 2 aromatic rings. The van der Waals surface area contributed by atoms with Crippen molar-refractivity contribution in [2.45, 2.75) is 6.42 Å². The fourth-order valence-corrected chi connectivity index (χ4v) is 2.70. The molecule has 16 heavy (non-hydrogen) atoms. The van der Waals surface area contributed by atoms with E-state index >= 15 is 0 Å². The highest BCUT2D eigenvalue weighted by atomic mass is 79.9. The molecule has 0 aliphatic carbocycles. The minimum atomic E-state index is 0.737. The highest BCUT2D eigenvalue weighted by Crippen LogP contribution is 2.29. The third-order valence-electron chi connectivity index (χ3n) is 2.26. The highest BCUT2D eigenvalue weighted by Gasteiger charge is 2.02. The number of halogens is 2. The van der Waals surface area contributed by atoms with Crippen molar-refractivity contribution in [3.05, 3.63) is 50.1 Å². The third-order valence-corrected chi connectivity index (χ3v) is 4.39. The van der Waals surface area contributed by atoms with E-state index in [0.717, 1.165) is 28.1 Å². The van der Waals surface area contributed by atoms with E-state index in [0.29, 0.717) is 0 Å². The second-order valence-corrected chi connectivity index (χ2v) is 5.39. The van der Waals surface area contributed by atoms with Gasteiger partial charge in [0.2, 0.25) is 0 Å². The molecule has 1 N–H and O–H groups in total. The van der Waals surface area contributed by atoms with Gasteiger partial charge in [0.1, 0.15) is 0 Å². The van der Waals surface area contributed by atoms with Crippen molar-refractivity contribution in [2.24, 2.45) is 0 Å². The molecule has 0 saturated carbocycles. The van der Waals surface area contributed by atoms with E-state index in [4.69, 9.17) is 11.6 Å². The predicted molar refractivity (Wildman–Crippen MR) is 75.7 cm³/mol. The van der Waals surface area contributed by atoms with Gasteiger partial charge in [0.05, 0.1) is 9.50 Å². The Bertz CT molecular complexity index is 456. The molecule has 0 radical (unpaired) electrons. The minimum Gasteiger partial charge on any atom is -0.384 e. The Labute approximate surface area is 113 Å². The van der Waals surface area contributed by atoms with Gasteiger partial charge in [0, 0.05) is 12.2 Å². The molecule has 4 heteroatoms. The van der Waals surface area contributed by atoms with Crippen LogP contribution in [0.25, 0.3) is 0 Å². The largest absolute Gasteiger partial charge is 0.384 e. The standard InChI is InChI=1S/C12H11BrClNS/c13-12-10(14)2-1-3-11(12)15-6-4-9-5-7-16-8-9/h1-3,5,7-8,15H,4,6H2. The van der Waals surface area contributed by atoms with Crippen LogP contribution in [0.2, 0.25) is 5.02 Å². The van der Waals surface area contributed by atoms with Crippen LogP contribution in [0.3, 0.4) is 0 Å². The average molecular weight is 317 g/mol. The van der Waals surface area contributed by atoms with Gasteiger partial charge in [-0.1, -0.05) is 17.7 Å². The molecule has 1 aromatic carbocycles. The van der Waals surface area contributed by atoms with Crippen molar-refractivity contribution in [3.8, 4) is 0 Å². The summed E-state index contributed by atoms with van der Waals surface area (Å²) >= 11 is 11.2. The first-order valence-corrected chi connectivity index (χ1v) is 7.07. The van der Waals surface area contributed by atoms with E-state index < -0.39 is 0 Å². The Morgan fingerprint density at radius 2 is 2.19 bits per heavy atom. The van der Waals surface area contributed by atoms with E-state index in [-0.39, 0.29) is 0 Å². The Kier molecular flexibility index (Phi) is 4.27. The Balaban J connectivity index is 1.92. The average Bonchev–Trinajstić information content (AvgIpc) is 2.77. The lowest BCUT2D eigenvalue weighted by Gasteiger charge is -2.08. The zero-order valence-corrected chi connectivity index (χ0v) is 11.7. The van der Waals surface area contributed by atoms with Crippen LogP contribution in [-0.2, 0) is 6.42 Å². The first-order chi connectivity index (χ1) is 7.77. The van der Waals surface area contributed by atoms with Gasteiger partial charge in [-0.15, -0.1) is 0 Å². The van der Waals surface area contributed by atoms with Crippen LogP contribution in [0.5, 0.6) is 0 Å². The molecule has 0 aliphatic rings. The van der Waals surface area contributed by atoms with E-state index in [2.05, 4.69) is 38.1 Å². The van der Waals surface area contributed by atoms with Crippen molar-refractivity contribution in [2.75, 3.05) is 11.9 Å². The SMILES string of the molecule is Clc1cccc(NCCc2ccsc2)c1Br. The summed E-state index contributed by atoms with van der Waals surface area (Å²) in [6.07, 6.45) is 1.03. The first kappa shape index (κ1) is 12.0. The quantitative estimate of drug-likeness (QED) is 0.853. The van der Waals surface area contributed by atoms with Gasteiger partial charge in [0.25, 0.3) is 0 Å². The summed E-state index contributed by atoms with van der Waals surface area (Å²) in [7, 11) is 0. The molecule has 0 unspecified atom stereocenters. The van der Waals surface area contributed by atoms with Crippen molar-refractivity contribution in [1.29, 1.82) is 0 Å². The van der Waals surface area contributed by atoms with Crippen LogP contribution in [0, 0.1) is 0 Å². The number of rotatable bonds is 4. The topological polar surface area (TPSA) is 12.0 Å². The molecule has 0 amide bonds. The summed E-state index contributed by atoms with van der Waals surface area (Å²) in [6, 6.07) is 7.98. The van der Waals surface area contributed by atoms with Crippen molar-refractivity contribution in [3.63, 3.8) is 0 Å². The van der Waals surface area contributed by atoms with Crippen LogP contribution < -0.4 is 5.32 Å². The van der Waals surface area contributed by atoms with Gasteiger partial charge >= 0.3 is 0 Å². The number of hydrogen-bond acceptors (Lipinski definition) is 2. The van der Waals surface area contributed by atoms with Crippen molar-refractivity contribution >= 4 is 44.6 Å². The number of hydrogen-bond donors (Lipinski definition) is 1. The fourth-order valence-electron chi connectivity index (χ4n) is 1.42. The minimum absolute atomic E-state index is 0.737. The second-order valence-electron chi connectivity index (χ2n) is 3.41. The maximum Gasteiger partial charge on any atom is 0.0593 e. The van der Waals surface area contributed by atoms with Gasteiger partial charge in [-0.05, 0) is 56.9 Å². The molecule has 1 aromatic heterocycles. The number of nitrogens with one attached hydrogen (secondary N) is 1. The molecular formula is C12H11BrClNS. The summed E-state index contributed by atoms with van der Waals surface area (Å²) < 4.78 is 0.932. The van der Waals surface area contributed by atoms with Crippen molar-refractivity contribution in [1.82, 2.24) is 0 Å². The zero-order valence-electron chi connectivity index (χ0n) is 8.54. The molecule has 1 heterocycles. The first-order valence-electron chi connectivity index (χ1n) is 4.96. The molecule has 0 spiro atoms. The third kappa shape index (κ3) is 3.00. The number of anilines is 1. The fraction of sp³-hybridized carbons (Fsp3) is 0.167. The van der Waals surface area contributed by atoms with Gasteiger partial charge in [-0.2, -0.15) is 11.3 Å². The molecule has 0 atom stereocenters. The Morgan fingerprint density at radius 1 is 1.31 bits per heavy atom. The summed E-state index contributed by atoms with van der Waals surface area (Å²) in [5, 5.41) is 8.38. The zero-order chi connectivity index (χ0) is 11.4. The highest BCUT2D eigenvalue weighted by molar-refractivity contribution is 9.10. The molecule has 0 bridgehead atoms. The Hall–Kier alpha value is -0.510. The summed E-state index contributed by atoms with van der Waals surface area (Å²) in [5.74, 6) is 0. The maximum atomic E-state index is 6.01. The van der Waals surface area contributed by atoms with Crippen LogP contribution >= 0.6 is 38.9 Å². The van der Waals surface area contributed by atoms with Gasteiger partial charge in [-0.25, -0.2) is 0 Å². The molecule has 0 fully saturated rings. The van der Waals surface area contributed by atoms with Gasteiger partial charge in [-0.3, -0.25) is 0 Å². The number of benzene rings is 1. The summed E-state index contributed by atoms with van der Waals surface area (Å²) in [4.78, 5) is 0. The maximum absolute atomic E-state index is 6.01. The summed E-state index contributed by atoms with van der Waals surface area (Å²) in [5.41, 5.74) is 2.42. The van der Waals surface area contributed by atoms with Crippen LogP contribution in [-0.4, -0.2) is 6.54 Å². The van der Waals surface area contributed by atoms with Crippen LogP contribution in [0.1, 0.15) is 5.56 Å². The lowest BCUT2D eigenvalue weighted by Crippen LogP contribution is -2.04. The molecule has 1 nitrogen and oxygen atoms in total. The molecular weight excluding hydrogens is 306 g/mol. The molecule has 0 aliphatic heterocycles. The van der Waals surface area contributed by atoms with Crippen LogP contribution in [0.4, 0.5) is 5.69 Å². The lowest BCUT2D eigenvalue weighted by atomic mass is 10.2. The Morgan fingerprint density at radius 3 is 2.94 bits per heavy atom. The van der Waals surface area contributed by atoms with E-state index in [1.165, 1.54) is 5.56 Å². The van der Waals surface area contributed by atoms with Crippen molar-refractivity contribution < 1.29 is 0 Å². The van der Waals surface area contributed by atoms with Gasteiger partial charge in [0.15, 0.2) is 0 Å². The molecule has 2 rings (SSSR count). The molecule has 84 valence electrons. The smallest absolute Gasteiger partial charge is 0.0593 e.